The molecular formula is C13H16O4. The van der Waals surface area contributed by atoms with Crippen LogP contribution in [0.15, 0.2) is 30.3 Å². The van der Waals surface area contributed by atoms with Crippen LogP contribution in [0.5, 0.6) is 0 Å². The first-order valence-corrected chi connectivity index (χ1v) is 5.71. The first kappa shape index (κ1) is 12.1. The first-order valence-electron chi connectivity index (χ1n) is 5.71. The van der Waals surface area contributed by atoms with E-state index < -0.39 is 0 Å². The van der Waals surface area contributed by atoms with E-state index in [0.29, 0.717) is 13.2 Å². The van der Waals surface area contributed by atoms with Gasteiger partial charge >= 0.3 is 5.97 Å². The van der Waals surface area contributed by atoms with Crippen molar-refractivity contribution in [3.63, 3.8) is 0 Å². The van der Waals surface area contributed by atoms with Crippen LogP contribution in [-0.2, 0) is 19.0 Å². The number of esters is 1. The second-order valence-corrected chi connectivity index (χ2v) is 3.96. The minimum atomic E-state index is -0.356. The van der Waals surface area contributed by atoms with E-state index in [4.69, 9.17) is 14.2 Å². The van der Waals surface area contributed by atoms with Crippen LogP contribution in [0, 0.1) is 0 Å². The quantitative estimate of drug-likeness (QED) is 0.753. The third-order valence-electron chi connectivity index (χ3n) is 2.57. The van der Waals surface area contributed by atoms with Crippen LogP contribution in [0.2, 0.25) is 0 Å². The molecule has 1 aromatic carbocycles. The highest BCUT2D eigenvalue weighted by molar-refractivity contribution is 5.65. The highest BCUT2D eigenvalue weighted by atomic mass is 16.7. The summed E-state index contributed by atoms with van der Waals surface area (Å²) < 4.78 is 16.2. The monoisotopic (exact) mass is 236 g/mol. The fourth-order valence-electron chi connectivity index (χ4n) is 1.71. The fraction of sp³-hybridized carbons (Fsp3) is 0.462. The molecule has 0 aromatic heterocycles. The number of ether oxygens (including phenoxy) is 3. The van der Waals surface area contributed by atoms with E-state index >= 15 is 0 Å². The van der Waals surface area contributed by atoms with Gasteiger partial charge in [-0.05, 0) is 0 Å². The van der Waals surface area contributed by atoms with Gasteiger partial charge in [-0.25, -0.2) is 0 Å². The van der Waals surface area contributed by atoms with Crippen molar-refractivity contribution >= 4 is 5.97 Å². The smallest absolute Gasteiger partial charge is 0.302 e. The molecule has 0 aliphatic carbocycles. The maximum absolute atomic E-state index is 10.7. The average molecular weight is 236 g/mol. The van der Waals surface area contributed by atoms with E-state index in [1.165, 1.54) is 6.92 Å². The zero-order valence-corrected chi connectivity index (χ0v) is 9.80. The standard InChI is InChI=1S/C13H16O4/c1-10(14)16-9-12-7-8-15-13(17-12)11-5-3-2-4-6-11/h2-6,12-13H,7-9H2,1H3/t12-,13-/m1/s1. The molecule has 2 rings (SSSR count). The van der Waals surface area contributed by atoms with Crippen LogP contribution in [0.1, 0.15) is 25.2 Å². The predicted octanol–water partition coefficient (Wildman–Crippen LogP) is 2.05. The summed E-state index contributed by atoms with van der Waals surface area (Å²) >= 11 is 0. The van der Waals surface area contributed by atoms with Crippen LogP contribution in [-0.4, -0.2) is 25.3 Å². The normalized spacial score (nSPS) is 24.3. The topological polar surface area (TPSA) is 44.8 Å². The Kier molecular flexibility index (Phi) is 4.12. The van der Waals surface area contributed by atoms with Crippen LogP contribution in [0.4, 0.5) is 0 Å². The van der Waals surface area contributed by atoms with E-state index in [9.17, 15) is 4.79 Å². The van der Waals surface area contributed by atoms with Crippen molar-refractivity contribution in [1.29, 1.82) is 0 Å². The summed E-state index contributed by atoms with van der Waals surface area (Å²) in [4.78, 5) is 10.7. The van der Waals surface area contributed by atoms with Crippen molar-refractivity contribution in [3.05, 3.63) is 35.9 Å². The molecule has 0 bridgehead atoms. The van der Waals surface area contributed by atoms with Crippen molar-refractivity contribution < 1.29 is 19.0 Å². The van der Waals surface area contributed by atoms with Gasteiger partial charge < -0.3 is 14.2 Å². The molecule has 1 fully saturated rings. The Morgan fingerprint density at radius 3 is 2.88 bits per heavy atom. The molecule has 1 aromatic rings. The summed E-state index contributed by atoms with van der Waals surface area (Å²) in [5.41, 5.74) is 0.986. The minimum absolute atomic E-state index is 0.0853. The highest BCUT2D eigenvalue weighted by Crippen LogP contribution is 2.26. The van der Waals surface area contributed by atoms with Gasteiger partial charge in [0.1, 0.15) is 6.61 Å². The van der Waals surface area contributed by atoms with Crippen molar-refractivity contribution in [2.45, 2.75) is 25.7 Å². The molecule has 0 unspecified atom stereocenters. The molecule has 1 aliphatic rings. The second kappa shape index (κ2) is 5.80. The molecule has 1 aliphatic heterocycles. The Morgan fingerprint density at radius 1 is 1.41 bits per heavy atom. The van der Waals surface area contributed by atoms with Crippen LogP contribution < -0.4 is 0 Å². The van der Waals surface area contributed by atoms with Crippen molar-refractivity contribution in [1.82, 2.24) is 0 Å². The SMILES string of the molecule is CC(=O)OC[C@H]1CCO[C@@H](c2ccccc2)O1. The molecule has 2 atom stereocenters. The van der Waals surface area contributed by atoms with Crippen molar-refractivity contribution in [3.8, 4) is 0 Å². The molecule has 0 N–H and O–H groups in total. The van der Waals surface area contributed by atoms with Crippen LogP contribution >= 0.6 is 0 Å². The van der Waals surface area contributed by atoms with E-state index in [1.807, 2.05) is 30.3 Å². The first-order chi connectivity index (χ1) is 8.25. The zero-order chi connectivity index (χ0) is 12.1. The van der Waals surface area contributed by atoms with Crippen LogP contribution in [0.25, 0.3) is 0 Å². The molecule has 1 saturated heterocycles. The lowest BCUT2D eigenvalue weighted by atomic mass is 10.2. The van der Waals surface area contributed by atoms with Gasteiger partial charge in [0.05, 0.1) is 12.7 Å². The van der Waals surface area contributed by atoms with Gasteiger partial charge in [0, 0.05) is 18.9 Å². The molecule has 0 amide bonds. The zero-order valence-electron chi connectivity index (χ0n) is 9.80. The van der Waals surface area contributed by atoms with E-state index in [1.54, 1.807) is 0 Å². The molecule has 0 radical (unpaired) electrons. The summed E-state index contributed by atoms with van der Waals surface area (Å²) in [6.07, 6.45) is 0.305. The molecule has 4 nitrogen and oxygen atoms in total. The maximum Gasteiger partial charge on any atom is 0.302 e. The van der Waals surface area contributed by atoms with Gasteiger partial charge in [0.15, 0.2) is 6.29 Å². The van der Waals surface area contributed by atoms with Gasteiger partial charge in [0.2, 0.25) is 0 Å². The van der Waals surface area contributed by atoms with Gasteiger partial charge in [-0.1, -0.05) is 30.3 Å². The van der Waals surface area contributed by atoms with Crippen molar-refractivity contribution in [2.24, 2.45) is 0 Å². The van der Waals surface area contributed by atoms with E-state index in [-0.39, 0.29) is 18.4 Å². The molecule has 0 saturated carbocycles. The Bertz CT molecular complexity index is 363. The number of carbonyl (C=O) groups excluding carboxylic acids is 1. The molecule has 92 valence electrons. The fourth-order valence-corrected chi connectivity index (χ4v) is 1.71. The Labute approximate surface area is 100 Å². The highest BCUT2D eigenvalue weighted by Gasteiger charge is 2.24. The third-order valence-corrected chi connectivity index (χ3v) is 2.57. The van der Waals surface area contributed by atoms with Gasteiger partial charge in [-0.2, -0.15) is 0 Å². The third kappa shape index (κ3) is 3.54. The second-order valence-electron chi connectivity index (χ2n) is 3.96. The Balaban J connectivity index is 1.91. The van der Waals surface area contributed by atoms with E-state index in [0.717, 1.165) is 12.0 Å². The number of benzene rings is 1. The summed E-state index contributed by atoms with van der Waals surface area (Å²) in [7, 11) is 0. The minimum Gasteiger partial charge on any atom is -0.463 e. The van der Waals surface area contributed by atoms with Gasteiger partial charge in [-0.3, -0.25) is 4.79 Å². The van der Waals surface area contributed by atoms with Crippen molar-refractivity contribution in [2.75, 3.05) is 13.2 Å². The largest absolute Gasteiger partial charge is 0.463 e. The lowest BCUT2D eigenvalue weighted by Gasteiger charge is -2.30. The van der Waals surface area contributed by atoms with Gasteiger partial charge in [-0.15, -0.1) is 0 Å². The summed E-state index contributed by atoms with van der Waals surface area (Å²) in [6.45, 7) is 2.31. The molecule has 4 heteroatoms. The summed E-state index contributed by atoms with van der Waals surface area (Å²) in [6, 6.07) is 9.75. The Hall–Kier alpha value is -1.39. The summed E-state index contributed by atoms with van der Waals surface area (Å²) in [5, 5.41) is 0. The molecular weight excluding hydrogens is 220 g/mol. The van der Waals surface area contributed by atoms with E-state index in [2.05, 4.69) is 0 Å². The lowest BCUT2D eigenvalue weighted by Crippen LogP contribution is -2.31. The number of hydrogen-bond donors (Lipinski definition) is 0. The number of hydrogen-bond acceptors (Lipinski definition) is 4. The number of rotatable bonds is 3. The maximum atomic E-state index is 10.7. The molecule has 0 spiro atoms. The summed E-state index contributed by atoms with van der Waals surface area (Å²) in [5.74, 6) is -0.281. The Morgan fingerprint density at radius 2 is 2.18 bits per heavy atom. The lowest BCUT2D eigenvalue weighted by molar-refractivity contribution is -0.227. The molecule has 17 heavy (non-hydrogen) atoms. The average Bonchev–Trinajstić information content (AvgIpc) is 2.38. The van der Waals surface area contributed by atoms with Gasteiger partial charge in [0.25, 0.3) is 0 Å². The van der Waals surface area contributed by atoms with Crippen LogP contribution in [0.3, 0.4) is 0 Å². The predicted molar refractivity (Wildman–Crippen MR) is 61.3 cm³/mol. The molecule has 1 heterocycles. The number of carbonyl (C=O) groups is 1.